The van der Waals surface area contributed by atoms with Crippen molar-refractivity contribution in [1.82, 2.24) is 10.6 Å². The number of nitrogens with one attached hydrogen (secondary N) is 2. The lowest BCUT2D eigenvalue weighted by Gasteiger charge is -2.47. The average Bonchev–Trinajstić information content (AvgIpc) is 2.76. The van der Waals surface area contributed by atoms with E-state index in [2.05, 4.69) is 38.3 Å². The summed E-state index contributed by atoms with van der Waals surface area (Å²) in [5.41, 5.74) is 20.8. The van der Waals surface area contributed by atoms with E-state index in [9.17, 15) is 0 Å². The van der Waals surface area contributed by atoms with E-state index in [1.54, 1.807) is 37.4 Å². The monoisotopic (exact) mass is 483 g/mol. The van der Waals surface area contributed by atoms with E-state index in [4.69, 9.17) is 26.7 Å². The maximum absolute atomic E-state index is 15.1. The number of benzene rings is 2. The van der Waals surface area contributed by atoms with Gasteiger partial charge < -0.3 is 37.3 Å². The Labute approximate surface area is 207 Å². The van der Waals surface area contributed by atoms with Gasteiger partial charge in [-0.2, -0.15) is 0 Å². The van der Waals surface area contributed by atoms with Crippen LogP contribution in [-0.4, -0.2) is 31.3 Å². The van der Waals surface area contributed by atoms with Crippen LogP contribution in [0.15, 0.2) is 54.0 Å². The van der Waals surface area contributed by atoms with Gasteiger partial charge in [-0.15, -0.1) is 0 Å². The maximum atomic E-state index is 15.1. The van der Waals surface area contributed by atoms with Crippen LogP contribution in [-0.2, 0) is 0 Å². The summed E-state index contributed by atoms with van der Waals surface area (Å²) in [5.74, 6) is 1.01. The third-order valence-electron chi connectivity index (χ3n) is 6.17. The highest BCUT2D eigenvalue weighted by Gasteiger charge is 2.37. The summed E-state index contributed by atoms with van der Waals surface area (Å²) in [5, 5.41) is 6.99. The molecule has 0 bridgehead atoms. The summed E-state index contributed by atoms with van der Waals surface area (Å²) in [7, 11) is 3.09. The molecule has 2 aromatic carbocycles. The molecule has 0 saturated carbocycles. The zero-order chi connectivity index (χ0) is 26.0. The Morgan fingerprint density at radius 2 is 1.60 bits per heavy atom. The van der Waals surface area contributed by atoms with E-state index in [1.165, 1.54) is 19.3 Å². The minimum absolute atomic E-state index is 0.0418. The van der Waals surface area contributed by atoms with E-state index >= 15 is 4.39 Å². The summed E-state index contributed by atoms with van der Waals surface area (Å²) >= 11 is 0. The summed E-state index contributed by atoms with van der Waals surface area (Å²) < 4.78 is 25.8. The number of hydrogen-bond acceptors (Lipinski definition) is 7. The summed E-state index contributed by atoms with van der Waals surface area (Å²) in [6.07, 6.45) is 3.30. The Kier molecular flexibility index (Phi) is 7.55. The van der Waals surface area contributed by atoms with Crippen molar-refractivity contribution in [3.05, 3.63) is 65.4 Å². The van der Waals surface area contributed by atoms with Gasteiger partial charge in [-0.3, -0.25) is 0 Å². The molecule has 0 atom stereocenters. The minimum atomic E-state index is -0.435. The van der Waals surface area contributed by atoms with Crippen molar-refractivity contribution in [2.45, 2.75) is 57.7 Å². The van der Waals surface area contributed by atoms with Crippen molar-refractivity contribution in [3.63, 3.8) is 0 Å². The van der Waals surface area contributed by atoms with E-state index in [1.807, 2.05) is 0 Å². The smallest absolute Gasteiger partial charge is 0.131 e. The van der Waals surface area contributed by atoms with Crippen LogP contribution in [0.1, 0.15) is 46.1 Å². The predicted octanol–water partition coefficient (Wildman–Crippen LogP) is 3.79. The number of nitrogens with two attached hydrogens (primary N) is 3. The zero-order valence-corrected chi connectivity index (χ0v) is 21.5. The molecule has 1 saturated heterocycles. The van der Waals surface area contributed by atoms with Crippen LogP contribution in [0.4, 0.5) is 4.39 Å². The molecule has 0 spiro atoms. The molecule has 0 radical (unpaired) electrons. The van der Waals surface area contributed by atoms with Gasteiger partial charge in [0.1, 0.15) is 23.1 Å². The molecule has 0 aromatic heterocycles. The summed E-state index contributed by atoms with van der Waals surface area (Å²) in [4.78, 5) is 0. The van der Waals surface area contributed by atoms with Crippen LogP contribution < -0.4 is 37.3 Å². The first-order valence-corrected chi connectivity index (χ1v) is 11.6. The molecular weight excluding hydrogens is 445 g/mol. The first-order chi connectivity index (χ1) is 16.3. The Morgan fingerprint density at radius 1 is 1.00 bits per heavy atom. The summed E-state index contributed by atoms with van der Waals surface area (Å²) in [6.45, 7) is 8.67. The third-order valence-corrected chi connectivity index (χ3v) is 6.17. The fraction of sp³-hybridized carbons (Fsp3) is 0.407. The van der Waals surface area contributed by atoms with Crippen molar-refractivity contribution in [3.8, 4) is 22.6 Å². The highest BCUT2D eigenvalue weighted by Crippen LogP contribution is 2.34. The second kappa shape index (κ2) is 10.1. The van der Waals surface area contributed by atoms with Crippen molar-refractivity contribution in [2.75, 3.05) is 14.2 Å². The Balaban J connectivity index is 1.87. The first-order valence-electron chi connectivity index (χ1n) is 11.6. The number of hydrogen-bond donors (Lipinski definition) is 5. The van der Waals surface area contributed by atoms with Crippen molar-refractivity contribution in [2.24, 2.45) is 17.2 Å². The highest BCUT2D eigenvalue weighted by atomic mass is 19.1. The lowest BCUT2D eigenvalue weighted by Crippen LogP contribution is -2.61. The van der Waals surface area contributed by atoms with Crippen LogP contribution in [0, 0.1) is 5.82 Å². The van der Waals surface area contributed by atoms with Crippen molar-refractivity contribution < 1.29 is 13.9 Å². The largest absolute Gasteiger partial charge is 0.497 e. The fourth-order valence-electron chi connectivity index (χ4n) is 4.99. The van der Waals surface area contributed by atoms with Crippen LogP contribution in [0.2, 0.25) is 0 Å². The molecule has 8 N–H and O–H groups in total. The van der Waals surface area contributed by atoms with Gasteiger partial charge in [0.05, 0.1) is 19.9 Å². The van der Waals surface area contributed by atoms with Gasteiger partial charge in [0.25, 0.3) is 0 Å². The molecule has 1 heterocycles. The SMILES string of the molecule is COc1ccc(-c2cc(OC)c(/C(N)=C/C(N)=C(\N)NC3CC(C)(C)NC(C)(C)C3)cc2F)cc1. The Hall–Kier alpha value is -3.39. The second-order valence-electron chi connectivity index (χ2n) is 10.4. The standard InChI is InChI=1S/C27H38FN5O2/c1-26(2)14-17(15-27(3,4)33-26)32-25(31)23(30)13-22(29)20-11-21(28)19(12-24(20)35-6)16-7-9-18(34-5)10-8-16/h7-13,17,32-33H,14-15,29-31H2,1-6H3/b22-13-,25-23-. The molecule has 1 aliphatic heterocycles. The van der Waals surface area contributed by atoms with Crippen LogP contribution >= 0.6 is 0 Å². The quantitative estimate of drug-likeness (QED) is 0.380. The van der Waals surface area contributed by atoms with Gasteiger partial charge in [-0.05, 0) is 76.4 Å². The van der Waals surface area contributed by atoms with E-state index in [0.29, 0.717) is 34.0 Å². The second-order valence-corrected chi connectivity index (χ2v) is 10.4. The predicted molar refractivity (Wildman–Crippen MR) is 140 cm³/mol. The Morgan fingerprint density at radius 3 is 2.14 bits per heavy atom. The van der Waals surface area contributed by atoms with Crippen LogP contribution in [0.3, 0.4) is 0 Å². The fourth-order valence-corrected chi connectivity index (χ4v) is 4.99. The van der Waals surface area contributed by atoms with Gasteiger partial charge in [0.2, 0.25) is 0 Å². The molecule has 3 rings (SSSR count). The lowest BCUT2D eigenvalue weighted by molar-refractivity contribution is 0.151. The van der Waals surface area contributed by atoms with Crippen LogP contribution in [0.5, 0.6) is 11.5 Å². The van der Waals surface area contributed by atoms with Gasteiger partial charge in [-0.1, -0.05) is 12.1 Å². The molecular formula is C27H38FN5O2. The molecule has 190 valence electrons. The average molecular weight is 484 g/mol. The molecule has 0 aliphatic carbocycles. The molecule has 2 aromatic rings. The third kappa shape index (κ3) is 6.39. The molecule has 0 unspecified atom stereocenters. The van der Waals surface area contributed by atoms with E-state index in [-0.39, 0.29) is 28.5 Å². The lowest BCUT2D eigenvalue weighted by atomic mass is 9.79. The molecule has 35 heavy (non-hydrogen) atoms. The molecule has 1 aliphatic rings. The van der Waals surface area contributed by atoms with E-state index < -0.39 is 5.82 Å². The molecule has 0 amide bonds. The number of halogens is 1. The number of ether oxygens (including phenoxy) is 2. The number of methoxy groups -OCH3 is 2. The Bertz CT molecular complexity index is 1110. The van der Waals surface area contributed by atoms with Crippen LogP contribution in [0.25, 0.3) is 16.8 Å². The van der Waals surface area contributed by atoms with E-state index in [0.717, 1.165) is 12.8 Å². The number of rotatable bonds is 7. The first kappa shape index (κ1) is 26.2. The molecule has 8 heteroatoms. The topological polar surface area (TPSA) is 121 Å². The molecule has 1 fully saturated rings. The van der Waals surface area contributed by atoms with Gasteiger partial charge in [0.15, 0.2) is 0 Å². The number of piperidine rings is 1. The summed E-state index contributed by atoms with van der Waals surface area (Å²) in [6, 6.07) is 10.2. The van der Waals surface area contributed by atoms with Crippen molar-refractivity contribution >= 4 is 5.70 Å². The van der Waals surface area contributed by atoms with Crippen molar-refractivity contribution in [1.29, 1.82) is 0 Å². The van der Waals surface area contributed by atoms with Gasteiger partial charge in [0, 0.05) is 33.9 Å². The minimum Gasteiger partial charge on any atom is -0.497 e. The zero-order valence-electron chi connectivity index (χ0n) is 21.5. The highest BCUT2D eigenvalue weighted by molar-refractivity contribution is 5.76. The van der Waals surface area contributed by atoms with Gasteiger partial charge in [-0.25, -0.2) is 4.39 Å². The molecule has 7 nitrogen and oxygen atoms in total. The number of allylic oxidation sites excluding steroid dienone is 1. The normalized spacial score (nSPS) is 18.5. The maximum Gasteiger partial charge on any atom is 0.131 e. The van der Waals surface area contributed by atoms with Gasteiger partial charge >= 0.3 is 0 Å².